The SMILES string of the molecule is COc1cc(-c2oc3cc(O)c(OC)c(O)c3c(=O)c2O[C@@H]2O[C@H](CO)[C@@H](O)[C@@H](O)[C@@H]2O)cc(OC)c1O. The summed E-state index contributed by atoms with van der Waals surface area (Å²) in [6.07, 6.45) is -8.55. The second-order valence-electron chi connectivity index (χ2n) is 8.28. The van der Waals surface area contributed by atoms with E-state index in [1.165, 1.54) is 26.4 Å². The standard InChI is InChI=1S/C24H26O14/c1-33-11-4-8(5-12(34-2)15(11)27)21-23(38-24-20(32)19(31)16(28)13(7-25)37-24)18(30)14-10(36-21)6-9(26)22(35-3)17(14)29/h4-6,13,16,19-20,24-29,31-32H,7H2,1-3H3/t13-,16-,19-,20+,24+/m1/s1. The van der Waals surface area contributed by atoms with Crippen molar-refractivity contribution in [2.75, 3.05) is 27.9 Å². The molecule has 1 aliphatic rings. The third-order valence-corrected chi connectivity index (χ3v) is 6.08. The van der Waals surface area contributed by atoms with Crippen molar-refractivity contribution in [3.05, 3.63) is 28.4 Å². The van der Waals surface area contributed by atoms with Crippen LogP contribution in [-0.4, -0.2) is 94.4 Å². The molecule has 2 heterocycles. The number of aliphatic hydroxyl groups excluding tert-OH is 4. The van der Waals surface area contributed by atoms with Gasteiger partial charge in [0.2, 0.25) is 29.0 Å². The zero-order chi connectivity index (χ0) is 27.9. The summed E-state index contributed by atoms with van der Waals surface area (Å²) >= 11 is 0. The number of benzene rings is 2. The maximum atomic E-state index is 13.7. The van der Waals surface area contributed by atoms with Gasteiger partial charge in [-0.05, 0) is 12.1 Å². The Labute approximate surface area is 214 Å². The molecule has 14 heteroatoms. The summed E-state index contributed by atoms with van der Waals surface area (Å²) in [6, 6.07) is 3.56. The monoisotopic (exact) mass is 538 g/mol. The summed E-state index contributed by atoms with van der Waals surface area (Å²) < 4.78 is 32.1. The Morgan fingerprint density at radius 1 is 0.842 bits per heavy atom. The Morgan fingerprint density at radius 2 is 1.47 bits per heavy atom. The molecule has 3 aromatic rings. The van der Waals surface area contributed by atoms with E-state index in [2.05, 4.69) is 0 Å². The molecule has 1 saturated heterocycles. The molecule has 5 atom stereocenters. The first-order valence-corrected chi connectivity index (χ1v) is 11.1. The molecule has 0 radical (unpaired) electrons. The number of hydrogen-bond donors (Lipinski definition) is 7. The Bertz CT molecular complexity index is 1370. The molecule has 1 aromatic heterocycles. The van der Waals surface area contributed by atoms with Crippen molar-refractivity contribution in [1.29, 1.82) is 0 Å². The first-order valence-electron chi connectivity index (χ1n) is 11.1. The Morgan fingerprint density at radius 3 is 2.03 bits per heavy atom. The molecule has 2 aromatic carbocycles. The number of phenolic OH excluding ortho intramolecular Hbond substituents is 3. The predicted octanol–water partition coefficient (Wildman–Crippen LogP) is -0.219. The van der Waals surface area contributed by atoms with E-state index in [4.69, 9.17) is 28.1 Å². The van der Waals surface area contributed by atoms with Crippen LogP contribution in [0.15, 0.2) is 27.4 Å². The quantitative estimate of drug-likeness (QED) is 0.207. The van der Waals surface area contributed by atoms with E-state index in [-0.39, 0.29) is 34.2 Å². The van der Waals surface area contributed by atoms with Gasteiger partial charge in [0.25, 0.3) is 0 Å². The molecule has 7 N–H and O–H groups in total. The Balaban J connectivity index is 2.00. The average Bonchev–Trinajstić information content (AvgIpc) is 2.90. The minimum atomic E-state index is -1.89. The number of methoxy groups -OCH3 is 3. The van der Waals surface area contributed by atoms with Crippen LogP contribution in [0.2, 0.25) is 0 Å². The molecule has 0 spiro atoms. The van der Waals surface area contributed by atoms with Crippen molar-refractivity contribution in [3.8, 4) is 51.6 Å². The van der Waals surface area contributed by atoms with Gasteiger partial charge in [0.15, 0.2) is 28.8 Å². The molecule has 0 amide bonds. The zero-order valence-electron chi connectivity index (χ0n) is 20.3. The van der Waals surface area contributed by atoms with Gasteiger partial charge >= 0.3 is 0 Å². The molecule has 0 bridgehead atoms. The third kappa shape index (κ3) is 4.37. The molecule has 4 rings (SSSR count). The topological polar surface area (TPSA) is 218 Å². The van der Waals surface area contributed by atoms with Crippen LogP contribution in [-0.2, 0) is 4.74 Å². The first-order chi connectivity index (χ1) is 18.1. The average molecular weight is 538 g/mol. The van der Waals surface area contributed by atoms with Crippen molar-refractivity contribution in [2.45, 2.75) is 30.7 Å². The number of aliphatic hydroxyl groups is 4. The van der Waals surface area contributed by atoms with E-state index in [9.17, 15) is 40.5 Å². The molecule has 14 nitrogen and oxygen atoms in total. The van der Waals surface area contributed by atoms with Crippen LogP contribution in [0.25, 0.3) is 22.3 Å². The summed E-state index contributed by atoms with van der Waals surface area (Å²) in [7, 11) is 3.68. The van der Waals surface area contributed by atoms with Gasteiger partial charge in [-0.15, -0.1) is 0 Å². The lowest BCUT2D eigenvalue weighted by molar-refractivity contribution is -0.277. The number of fused-ring (bicyclic) bond motifs is 1. The van der Waals surface area contributed by atoms with E-state index in [1.54, 1.807) is 0 Å². The van der Waals surface area contributed by atoms with Gasteiger partial charge < -0.3 is 63.8 Å². The van der Waals surface area contributed by atoms with Crippen LogP contribution in [0.1, 0.15) is 0 Å². The van der Waals surface area contributed by atoms with Crippen molar-refractivity contribution in [3.63, 3.8) is 0 Å². The van der Waals surface area contributed by atoms with Crippen molar-refractivity contribution < 1.29 is 63.8 Å². The second kappa shape index (κ2) is 10.4. The number of rotatable bonds is 7. The van der Waals surface area contributed by atoms with E-state index in [1.807, 2.05) is 0 Å². The van der Waals surface area contributed by atoms with Crippen molar-refractivity contribution >= 4 is 11.0 Å². The first kappa shape index (κ1) is 27.1. The highest BCUT2D eigenvalue weighted by Gasteiger charge is 2.45. The molecular formula is C24H26O14. The van der Waals surface area contributed by atoms with E-state index < -0.39 is 71.1 Å². The number of phenols is 3. The molecule has 1 aliphatic heterocycles. The fourth-order valence-corrected chi connectivity index (χ4v) is 4.09. The second-order valence-corrected chi connectivity index (χ2v) is 8.28. The minimum Gasteiger partial charge on any atom is -0.504 e. The van der Waals surface area contributed by atoms with Gasteiger partial charge in [-0.1, -0.05) is 0 Å². The third-order valence-electron chi connectivity index (χ3n) is 6.08. The Kier molecular flexibility index (Phi) is 7.44. The van der Waals surface area contributed by atoms with Crippen LogP contribution >= 0.6 is 0 Å². The van der Waals surface area contributed by atoms with Crippen LogP contribution < -0.4 is 24.4 Å². The smallest absolute Gasteiger partial charge is 0.239 e. The lowest BCUT2D eigenvalue weighted by Gasteiger charge is -2.39. The molecule has 38 heavy (non-hydrogen) atoms. The van der Waals surface area contributed by atoms with Crippen molar-refractivity contribution in [2.24, 2.45) is 0 Å². The van der Waals surface area contributed by atoms with E-state index >= 15 is 0 Å². The van der Waals surface area contributed by atoms with E-state index in [0.717, 1.165) is 13.2 Å². The zero-order valence-corrected chi connectivity index (χ0v) is 20.3. The lowest BCUT2D eigenvalue weighted by Crippen LogP contribution is -2.60. The molecule has 0 saturated carbocycles. The van der Waals surface area contributed by atoms with Gasteiger partial charge in [0, 0.05) is 11.6 Å². The largest absolute Gasteiger partial charge is 0.504 e. The summed E-state index contributed by atoms with van der Waals surface area (Å²) in [5, 5.41) is 70.9. The highest BCUT2D eigenvalue weighted by molar-refractivity contribution is 5.91. The summed E-state index contributed by atoms with van der Waals surface area (Å²) in [5.74, 6) is -3.28. The maximum absolute atomic E-state index is 13.7. The van der Waals surface area contributed by atoms with Crippen molar-refractivity contribution in [1.82, 2.24) is 0 Å². The fourth-order valence-electron chi connectivity index (χ4n) is 4.09. The van der Waals surface area contributed by atoms with Gasteiger partial charge in [-0.2, -0.15) is 0 Å². The number of hydrogen-bond acceptors (Lipinski definition) is 14. The Hall–Kier alpha value is -3.95. The highest BCUT2D eigenvalue weighted by Crippen LogP contribution is 2.46. The highest BCUT2D eigenvalue weighted by atomic mass is 16.7. The van der Waals surface area contributed by atoms with Gasteiger partial charge in [-0.25, -0.2) is 0 Å². The normalized spacial score (nSPS) is 23.3. The van der Waals surface area contributed by atoms with Gasteiger partial charge in [0.1, 0.15) is 35.4 Å². The molecule has 0 aliphatic carbocycles. The number of aromatic hydroxyl groups is 3. The molecule has 0 unspecified atom stereocenters. The molecular weight excluding hydrogens is 512 g/mol. The molecule has 206 valence electrons. The van der Waals surface area contributed by atoms with Gasteiger partial charge in [-0.3, -0.25) is 4.79 Å². The van der Waals surface area contributed by atoms with Gasteiger partial charge in [0.05, 0.1) is 27.9 Å². The van der Waals surface area contributed by atoms with Crippen LogP contribution in [0.5, 0.6) is 40.2 Å². The van der Waals surface area contributed by atoms with Crippen LogP contribution in [0, 0.1) is 0 Å². The van der Waals surface area contributed by atoms with Crippen LogP contribution in [0.4, 0.5) is 0 Å². The minimum absolute atomic E-state index is 0.0462. The molecule has 1 fully saturated rings. The summed E-state index contributed by atoms with van der Waals surface area (Å²) in [6.45, 7) is -0.756. The van der Waals surface area contributed by atoms with Crippen LogP contribution in [0.3, 0.4) is 0 Å². The lowest BCUT2D eigenvalue weighted by atomic mass is 9.99. The number of ether oxygens (including phenoxy) is 5. The predicted molar refractivity (Wildman–Crippen MR) is 127 cm³/mol. The van der Waals surface area contributed by atoms with E-state index in [0.29, 0.717) is 0 Å². The maximum Gasteiger partial charge on any atom is 0.239 e. The summed E-state index contributed by atoms with van der Waals surface area (Å²) in [5.41, 5.74) is -1.27. The fraction of sp³-hybridized carbons (Fsp3) is 0.375. The summed E-state index contributed by atoms with van der Waals surface area (Å²) in [4.78, 5) is 13.7.